The van der Waals surface area contributed by atoms with Crippen LogP contribution in [-0.2, 0) is 4.74 Å². The minimum Gasteiger partial charge on any atom is -0.383 e. The highest BCUT2D eigenvalue weighted by molar-refractivity contribution is 5.91. The molecule has 0 unspecified atom stereocenters. The van der Waals surface area contributed by atoms with Crippen LogP contribution in [0.2, 0.25) is 0 Å². The smallest absolute Gasteiger partial charge is 0.319 e. The van der Waals surface area contributed by atoms with E-state index >= 15 is 0 Å². The number of hydrogen-bond donors (Lipinski definition) is 2. The largest absolute Gasteiger partial charge is 0.383 e. The van der Waals surface area contributed by atoms with Crippen molar-refractivity contribution in [3.8, 4) is 11.1 Å². The van der Waals surface area contributed by atoms with Crippen molar-refractivity contribution in [3.63, 3.8) is 0 Å². The molecule has 1 aliphatic rings. The summed E-state index contributed by atoms with van der Waals surface area (Å²) in [5.74, 6) is -1.99. The molecular weight excluding hydrogens is 440 g/mol. The number of aryl methyl sites for hydroxylation is 1. The second kappa shape index (κ2) is 10.7. The van der Waals surface area contributed by atoms with Gasteiger partial charge in [0.15, 0.2) is 11.6 Å². The van der Waals surface area contributed by atoms with Crippen LogP contribution in [-0.4, -0.2) is 60.3 Å². The maximum atomic E-state index is 13.9. The van der Waals surface area contributed by atoms with Crippen LogP contribution in [0.15, 0.2) is 55.0 Å². The van der Waals surface area contributed by atoms with Gasteiger partial charge < -0.3 is 15.4 Å². The number of amides is 2. The van der Waals surface area contributed by atoms with Gasteiger partial charge in [-0.1, -0.05) is 12.1 Å². The van der Waals surface area contributed by atoms with Crippen LogP contribution in [0.1, 0.15) is 17.2 Å². The topological polar surface area (TPSA) is 79.4 Å². The zero-order valence-electron chi connectivity index (χ0n) is 19.1. The zero-order chi connectivity index (χ0) is 24.1. The molecule has 3 aromatic rings. The fraction of sp³-hybridized carbons (Fsp3) is 0.320. The van der Waals surface area contributed by atoms with Crippen molar-refractivity contribution >= 4 is 11.7 Å². The van der Waals surface area contributed by atoms with E-state index in [0.29, 0.717) is 43.2 Å². The van der Waals surface area contributed by atoms with Gasteiger partial charge in [-0.15, -0.1) is 0 Å². The first-order valence-corrected chi connectivity index (χ1v) is 11.1. The summed E-state index contributed by atoms with van der Waals surface area (Å²) in [6, 6.07) is 8.82. The van der Waals surface area contributed by atoms with Gasteiger partial charge in [-0.3, -0.25) is 14.9 Å². The molecule has 2 aromatic heterocycles. The molecule has 4 rings (SSSR count). The normalized spacial score (nSPS) is 18.1. The average Bonchev–Trinajstić information content (AvgIpc) is 3.23. The van der Waals surface area contributed by atoms with Crippen LogP contribution < -0.4 is 10.6 Å². The highest BCUT2D eigenvalue weighted by atomic mass is 19.2. The standard InChI is InChI=1S/C25H27F2N5O2/c1-16-23(11-19(13-29-16)18-4-3-7-28-12-18)30-25(33)31-24-15-32(8-9-34-2)14-20(24)17-5-6-21(26)22(27)10-17/h3-7,10-13,20,24H,8-9,14-15H2,1-2H3,(H2,30,31,33)/t20-,24+/m0/s1. The molecule has 2 amide bonds. The summed E-state index contributed by atoms with van der Waals surface area (Å²) in [7, 11) is 1.63. The molecule has 0 saturated carbocycles. The number of likely N-dealkylation sites (tertiary alicyclic amines) is 1. The van der Waals surface area contributed by atoms with Crippen molar-refractivity contribution in [1.82, 2.24) is 20.2 Å². The van der Waals surface area contributed by atoms with E-state index in [1.807, 2.05) is 25.1 Å². The Labute approximate surface area is 197 Å². The van der Waals surface area contributed by atoms with Gasteiger partial charge >= 0.3 is 6.03 Å². The van der Waals surface area contributed by atoms with Crippen LogP contribution in [0.4, 0.5) is 19.3 Å². The van der Waals surface area contributed by atoms with E-state index in [9.17, 15) is 13.6 Å². The fourth-order valence-corrected chi connectivity index (χ4v) is 4.19. The second-order valence-electron chi connectivity index (χ2n) is 8.34. The highest BCUT2D eigenvalue weighted by Gasteiger charge is 2.35. The number of methoxy groups -OCH3 is 1. The molecule has 1 aliphatic heterocycles. The number of nitrogens with one attached hydrogen (secondary N) is 2. The molecule has 0 spiro atoms. The number of aromatic nitrogens is 2. The lowest BCUT2D eigenvalue weighted by Crippen LogP contribution is -2.42. The third-order valence-corrected chi connectivity index (χ3v) is 6.03. The molecule has 178 valence electrons. The van der Waals surface area contributed by atoms with E-state index in [1.54, 1.807) is 31.8 Å². The maximum absolute atomic E-state index is 13.9. The predicted octanol–water partition coefficient (Wildman–Crippen LogP) is 3.97. The van der Waals surface area contributed by atoms with Gasteiger partial charge in [0.05, 0.1) is 24.0 Å². The molecule has 0 bridgehead atoms. The van der Waals surface area contributed by atoms with Crippen molar-refractivity contribution in [2.45, 2.75) is 18.9 Å². The molecule has 2 N–H and O–H groups in total. The number of rotatable bonds is 7. The number of halogens is 2. The molecule has 3 heterocycles. The van der Waals surface area contributed by atoms with Gasteiger partial charge in [0, 0.05) is 62.4 Å². The van der Waals surface area contributed by atoms with Gasteiger partial charge in [-0.25, -0.2) is 13.6 Å². The molecule has 2 atom stereocenters. The van der Waals surface area contributed by atoms with Crippen molar-refractivity contribution < 1.29 is 18.3 Å². The summed E-state index contributed by atoms with van der Waals surface area (Å²) in [6.07, 6.45) is 5.16. The Morgan fingerprint density at radius 2 is 2.00 bits per heavy atom. The summed E-state index contributed by atoms with van der Waals surface area (Å²) >= 11 is 0. The van der Waals surface area contributed by atoms with Crippen LogP contribution in [0, 0.1) is 18.6 Å². The Hall–Kier alpha value is -3.43. The molecule has 0 radical (unpaired) electrons. The highest BCUT2D eigenvalue weighted by Crippen LogP contribution is 2.29. The second-order valence-corrected chi connectivity index (χ2v) is 8.34. The van der Waals surface area contributed by atoms with Gasteiger partial charge in [-0.05, 0) is 36.8 Å². The summed E-state index contributed by atoms with van der Waals surface area (Å²) < 4.78 is 32.6. The lowest BCUT2D eigenvalue weighted by atomic mass is 9.94. The van der Waals surface area contributed by atoms with Crippen LogP contribution >= 0.6 is 0 Å². The number of pyridine rings is 2. The molecule has 1 fully saturated rings. The first kappa shape index (κ1) is 23.7. The van der Waals surface area contributed by atoms with Crippen molar-refractivity contribution in [1.29, 1.82) is 0 Å². The van der Waals surface area contributed by atoms with E-state index in [4.69, 9.17) is 4.74 Å². The minimum absolute atomic E-state index is 0.196. The van der Waals surface area contributed by atoms with Crippen molar-refractivity contribution in [2.75, 3.05) is 38.7 Å². The van der Waals surface area contributed by atoms with E-state index in [-0.39, 0.29) is 18.0 Å². The number of carbonyl (C=O) groups excluding carboxylic acids is 1. The lowest BCUT2D eigenvalue weighted by Gasteiger charge is -2.21. The van der Waals surface area contributed by atoms with Crippen LogP contribution in [0.3, 0.4) is 0 Å². The van der Waals surface area contributed by atoms with E-state index in [0.717, 1.165) is 17.2 Å². The molecule has 34 heavy (non-hydrogen) atoms. The monoisotopic (exact) mass is 467 g/mol. The molecular formula is C25H27F2N5O2. The number of hydrogen-bond acceptors (Lipinski definition) is 5. The molecule has 1 aromatic carbocycles. The van der Waals surface area contributed by atoms with Gasteiger partial charge in [-0.2, -0.15) is 0 Å². The third-order valence-electron chi connectivity index (χ3n) is 6.03. The number of anilines is 1. The number of nitrogens with zero attached hydrogens (tertiary/aromatic N) is 3. The Morgan fingerprint density at radius 1 is 1.15 bits per heavy atom. The Morgan fingerprint density at radius 3 is 2.74 bits per heavy atom. The fourth-order valence-electron chi connectivity index (χ4n) is 4.19. The van der Waals surface area contributed by atoms with Gasteiger partial charge in [0.2, 0.25) is 0 Å². The lowest BCUT2D eigenvalue weighted by molar-refractivity contribution is 0.159. The van der Waals surface area contributed by atoms with Gasteiger partial charge in [0.1, 0.15) is 0 Å². The summed E-state index contributed by atoms with van der Waals surface area (Å²) in [5.41, 5.74) is 3.62. The zero-order valence-corrected chi connectivity index (χ0v) is 19.1. The Bertz CT molecular complexity index is 1150. The summed E-state index contributed by atoms with van der Waals surface area (Å²) in [4.78, 5) is 23.6. The molecule has 7 nitrogen and oxygen atoms in total. The van der Waals surface area contributed by atoms with Crippen molar-refractivity contribution in [3.05, 3.63) is 77.9 Å². The number of ether oxygens (including phenoxy) is 1. The molecule has 9 heteroatoms. The average molecular weight is 468 g/mol. The van der Waals surface area contributed by atoms with Gasteiger partial charge in [0.25, 0.3) is 0 Å². The molecule has 0 aliphatic carbocycles. The van der Waals surface area contributed by atoms with E-state index in [1.165, 1.54) is 6.07 Å². The van der Waals surface area contributed by atoms with Crippen LogP contribution in [0.5, 0.6) is 0 Å². The van der Waals surface area contributed by atoms with E-state index < -0.39 is 11.6 Å². The minimum atomic E-state index is -0.898. The third kappa shape index (κ3) is 5.55. The first-order valence-electron chi connectivity index (χ1n) is 11.1. The summed E-state index contributed by atoms with van der Waals surface area (Å²) in [6.45, 7) is 4.18. The Balaban J connectivity index is 1.50. The van der Waals surface area contributed by atoms with E-state index in [2.05, 4.69) is 25.5 Å². The maximum Gasteiger partial charge on any atom is 0.319 e. The quantitative estimate of drug-likeness (QED) is 0.550. The van der Waals surface area contributed by atoms with Crippen molar-refractivity contribution in [2.24, 2.45) is 0 Å². The predicted molar refractivity (Wildman–Crippen MR) is 126 cm³/mol. The Kier molecular flexibility index (Phi) is 7.44. The first-order chi connectivity index (χ1) is 16.4. The number of carbonyl (C=O) groups is 1. The SMILES string of the molecule is COCCN1C[C@@H](NC(=O)Nc2cc(-c3cccnc3)cnc2C)[C@H](c2ccc(F)c(F)c2)C1. The number of benzene rings is 1. The number of urea groups is 1. The van der Waals surface area contributed by atoms with Crippen LogP contribution in [0.25, 0.3) is 11.1 Å². The molecule has 1 saturated heterocycles. The summed E-state index contributed by atoms with van der Waals surface area (Å²) in [5, 5.41) is 5.90.